The molecule has 82 valence electrons. The highest BCUT2D eigenvalue weighted by molar-refractivity contribution is 4.92. The first-order valence-electron chi connectivity index (χ1n) is 4.45. The fraction of sp³-hybridized carbons (Fsp3) is 0.778. The highest BCUT2D eigenvalue weighted by atomic mass is 16.6. The van der Waals surface area contributed by atoms with Crippen LogP contribution in [0.25, 0.3) is 0 Å². The third-order valence-electron chi connectivity index (χ3n) is 2.33. The van der Waals surface area contributed by atoms with E-state index in [1.807, 2.05) is 0 Å². The summed E-state index contributed by atoms with van der Waals surface area (Å²) in [7, 11) is 1.41. The van der Waals surface area contributed by atoms with Gasteiger partial charge >= 0.3 is 0 Å². The van der Waals surface area contributed by atoms with E-state index in [0.29, 0.717) is 6.42 Å². The minimum Gasteiger partial charge on any atom is -0.387 e. The Bertz CT molecular complexity index is 196. The molecular formula is C9H16O5. The maximum Gasteiger partial charge on any atom is 0.183 e. The van der Waals surface area contributed by atoms with Crippen LogP contribution in [-0.2, 0) is 9.47 Å². The van der Waals surface area contributed by atoms with Crippen LogP contribution in [0.2, 0.25) is 0 Å². The van der Waals surface area contributed by atoms with Gasteiger partial charge in [-0.25, -0.2) is 0 Å². The second kappa shape index (κ2) is 4.86. The van der Waals surface area contributed by atoms with Gasteiger partial charge in [0.2, 0.25) is 0 Å². The van der Waals surface area contributed by atoms with E-state index in [1.165, 1.54) is 7.11 Å². The van der Waals surface area contributed by atoms with E-state index in [0.717, 1.165) is 0 Å². The molecule has 0 aliphatic carbocycles. The molecule has 1 saturated heterocycles. The summed E-state index contributed by atoms with van der Waals surface area (Å²) in [4.78, 5) is 0. The maximum atomic E-state index is 9.56. The maximum absolute atomic E-state index is 9.56. The van der Waals surface area contributed by atoms with Crippen LogP contribution < -0.4 is 0 Å². The summed E-state index contributed by atoms with van der Waals surface area (Å²) in [6, 6.07) is 0. The van der Waals surface area contributed by atoms with E-state index in [4.69, 9.17) is 9.47 Å². The minimum atomic E-state index is -1.37. The quantitative estimate of drug-likeness (QED) is 0.515. The predicted octanol–water partition coefficient (Wildman–Crippen LogP) is -0.984. The first-order valence-corrected chi connectivity index (χ1v) is 4.45. The molecule has 0 bridgehead atoms. The van der Waals surface area contributed by atoms with Gasteiger partial charge in [0.05, 0.1) is 6.10 Å². The Morgan fingerprint density at radius 3 is 2.50 bits per heavy atom. The molecule has 0 saturated carbocycles. The molecule has 3 N–H and O–H groups in total. The predicted molar refractivity (Wildman–Crippen MR) is 48.5 cm³/mol. The third kappa shape index (κ3) is 2.13. The van der Waals surface area contributed by atoms with Crippen LogP contribution in [0, 0.1) is 0 Å². The Labute approximate surface area is 82.6 Å². The van der Waals surface area contributed by atoms with Crippen LogP contribution >= 0.6 is 0 Å². The molecule has 1 aliphatic heterocycles. The topological polar surface area (TPSA) is 79.2 Å². The van der Waals surface area contributed by atoms with Crippen molar-refractivity contribution >= 4 is 0 Å². The van der Waals surface area contributed by atoms with Crippen LogP contribution in [0.15, 0.2) is 12.7 Å². The molecule has 5 heteroatoms. The van der Waals surface area contributed by atoms with Crippen molar-refractivity contribution in [1.29, 1.82) is 0 Å². The van der Waals surface area contributed by atoms with E-state index in [2.05, 4.69) is 6.58 Å². The molecule has 1 rings (SSSR count). The zero-order valence-electron chi connectivity index (χ0n) is 8.04. The van der Waals surface area contributed by atoms with Crippen molar-refractivity contribution in [3.63, 3.8) is 0 Å². The summed E-state index contributed by atoms with van der Waals surface area (Å²) in [5.74, 6) is 0. The molecule has 0 spiro atoms. The molecule has 0 aromatic rings. The van der Waals surface area contributed by atoms with Gasteiger partial charge in [0.15, 0.2) is 6.29 Å². The number of hydrogen-bond acceptors (Lipinski definition) is 5. The fourth-order valence-electron chi connectivity index (χ4n) is 1.57. The van der Waals surface area contributed by atoms with Gasteiger partial charge in [-0.15, -0.1) is 6.58 Å². The normalized spacial score (nSPS) is 43.6. The Morgan fingerprint density at radius 2 is 2.00 bits per heavy atom. The van der Waals surface area contributed by atoms with Gasteiger partial charge in [-0.05, 0) is 6.42 Å². The van der Waals surface area contributed by atoms with Crippen LogP contribution in [0.3, 0.4) is 0 Å². The van der Waals surface area contributed by atoms with E-state index in [-0.39, 0.29) is 0 Å². The second-order valence-electron chi connectivity index (χ2n) is 3.27. The number of aliphatic hydroxyl groups is 3. The Balaban J connectivity index is 2.70. The highest BCUT2D eigenvalue weighted by Gasteiger charge is 2.43. The van der Waals surface area contributed by atoms with E-state index < -0.39 is 30.7 Å². The van der Waals surface area contributed by atoms with Crippen molar-refractivity contribution in [3.05, 3.63) is 12.7 Å². The van der Waals surface area contributed by atoms with Gasteiger partial charge in [0.1, 0.15) is 18.3 Å². The number of rotatable bonds is 3. The van der Waals surface area contributed by atoms with E-state index in [1.54, 1.807) is 6.08 Å². The summed E-state index contributed by atoms with van der Waals surface area (Å²) in [5.41, 5.74) is 0. The lowest BCUT2D eigenvalue weighted by atomic mass is 9.97. The molecule has 1 unspecified atom stereocenters. The van der Waals surface area contributed by atoms with Crippen LogP contribution in [0.4, 0.5) is 0 Å². The Kier molecular flexibility index (Phi) is 4.03. The van der Waals surface area contributed by atoms with Crippen molar-refractivity contribution in [2.75, 3.05) is 7.11 Å². The lowest BCUT2D eigenvalue weighted by Crippen LogP contribution is -2.57. The molecule has 5 atom stereocenters. The zero-order valence-corrected chi connectivity index (χ0v) is 8.04. The average molecular weight is 204 g/mol. The van der Waals surface area contributed by atoms with Crippen molar-refractivity contribution < 1.29 is 24.8 Å². The monoisotopic (exact) mass is 204 g/mol. The van der Waals surface area contributed by atoms with Crippen molar-refractivity contribution in [1.82, 2.24) is 0 Å². The average Bonchev–Trinajstić information content (AvgIpc) is 2.16. The summed E-state index contributed by atoms with van der Waals surface area (Å²) in [5, 5.41) is 28.1. The molecule has 14 heavy (non-hydrogen) atoms. The Hall–Kier alpha value is -0.460. The standard InChI is InChI=1S/C9H16O5/c1-3-4-5-8(13-2)6(10)7(11)9(12)14-5/h3,5-12H,1,4H2,2H3/t5-,6-,7+,8-,9?/m0/s1. The molecule has 0 amide bonds. The highest BCUT2D eigenvalue weighted by Crippen LogP contribution is 2.23. The summed E-state index contributed by atoms with van der Waals surface area (Å²) >= 11 is 0. The largest absolute Gasteiger partial charge is 0.387 e. The lowest BCUT2D eigenvalue weighted by Gasteiger charge is -2.39. The van der Waals surface area contributed by atoms with Gasteiger partial charge in [0.25, 0.3) is 0 Å². The SMILES string of the molecule is C=CC[C@@H]1OC(O)[C@H](O)[C@H](O)[C@H]1OC. The molecule has 1 fully saturated rings. The molecule has 1 aliphatic rings. The number of hydrogen-bond donors (Lipinski definition) is 3. The van der Waals surface area contributed by atoms with Gasteiger partial charge in [-0.2, -0.15) is 0 Å². The zero-order chi connectivity index (χ0) is 10.7. The van der Waals surface area contributed by atoms with Gasteiger partial charge in [-0.3, -0.25) is 0 Å². The fourth-order valence-corrected chi connectivity index (χ4v) is 1.57. The van der Waals surface area contributed by atoms with Gasteiger partial charge in [0, 0.05) is 7.11 Å². The minimum absolute atomic E-state index is 0.444. The third-order valence-corrected chi connectivity index (χ3v) is 2.33. The molecule has 5 nitrogen and oxygen atoms in total. The van der Waals surface area contributed by atoms with Crippen molar-refractivity contribution in [2.45, 2.75) is 37.1 Å². The lowest BCUT2D eigenvalue weighted by molar-refractivity contribution is -0.284. The summed E-state index contributed by atoms with van der Waals surface area (Å²) < 4.78 is 10.1. The first-order chi connectivity index (χ1) is 6.61. The second-order valence-corrected chi connectivity index (χ2v) is 3.27. The molecule has 0 radical (unpaired) electrons. The van der Waals surface area contributed by atoms with Crippen molar-refractivity contribution in [2.24, 2.45) is 0 Å². The molecule has 0 aromatic carbocycles. The van der Waals surface area contributed by atoms with Gasteiger partial charge in [-0.1, -0.05) is 6.08 Å². The van der Waals surface area contributed by atoms with E-state index in [9.17, 15) is 15.3 Å². The van der Waals surface area contributed by atoms with Crippen LogP contribution in [0.5, 0.6) is 0 Å². The number of methoxy groups -OCH3 is 1. The van der Waals surface area contributed by atoms with Crippen molar-refractivity contribution in [3.8, 4) is 0 Å². The van der Waals surface area contributed by atoms with Gasteiger partial charge < -0.3 is 24.8 Å². The summed E-state index contributed by atoms with van der Waals surface area (Å²) in [6.45, 7) is 3.53. The number of ether oxygens (including phenoxy) is 2. The smallest absolute Gasteiger partial charge is 0.183 e. The molecule has 1 heterocycles. The first kappa shape index (κ1) is 11.6. The van der Waals surface area contributed by atoms with E-state index >= 15 is 0 Å². The molecular weight excluding hydrogens is 188 g/mol. The molecule has 0 aromatic heterocycles. The van der Waals surface area contributed by atoms with Crippen LogP contribution in [0.1, 0.15) is 6.42 Å². The summed E-state index contributed by atoms with van der Waals surface area (Å²) in [6.07, 6.45) is -2.93. The van der Waals surface area contributed by atoms with Crippen LogP contribution in [-0.4, -0.2) is 53.1 Å². The Morgan fingerprint density at radius 1 is 1.36 bits per heavy atom. The number of aliphatic hydroxyl groups excluding tert-OH is 3.